The van der Waals surface area contributed by atoms with Crippen LogP contribution in [0.5, 0.6) is 0 Å². The molecule has 0 bridgehead atoms. The van der Waals surface area contributed by atoms with Crippen LogP contribution >= 0.6 is 22.9 Å². The monoisotopic (exact) mass is 441 g/mol. The normalized spacial score (nSPS) is 14.3. The van der Waals surface area contributed by atoms with E-state index in [-0.39, 0.29) is 0 Å². The third kappa shape index (κ3) is 3.67. The number of piperazine rings is 1. The fourth-order valence-electron chi connectivity index (χ4n) is 3.36. The van der Waals surface area contributed by atoms with Gasteiger partial charge < -0.3 is 15.5 Å². The summed E-state index contributed by atoms with van der Waals surface area (Å²) in [6.45, 7) is 3.64. The molecule has 3 aromatic heterocycles. The van der Waals surface area contributed by atoms with Crippen molar-refractivity contribution in [3.8, 4) is 10.6 Å². The van der Waals surface area contributed by atoms with Gasteiger partial charge in [-0.25, -0.2) is 24.3 Å². The van der Waals surface area contributed by atoms with Gasteiger partial charge in [0.1, 0.15) is 28.8 Å². The molecule has 0 radical (unpaired) electrons. The van der Waals surface area contributed by atoms with Crippen molar-refractivity contribution < 1.29 is 4.39 Å². The van der Waals surface area contributed by atoms with E-state index in [1.807, 2.05) is 6.07 Å². The molecule has 1 aromatic carbocycles. The van der Waals surface area contributed by atoms with Gasteiger partial charge >= 0.3 is 0 Å². The van der Waals surface area contributed by atoms with E-state index >= 15 is 0 Å². The highest BCUT2D eigenvalue weighted by Gasteiger charge is 2.17. The Balaban J connectivity index is 1.49. The molecule has 4 aromatic rings. The molecule has 152 valence electrons. The molecule has 1 aliphatic rings. The lowest BCUT2D eigenvalue weighted by molar-refractivity contribution is 0.584. The zero-order chi connectivity index (χ0) is 20.5. The van der Waals surface area contributed by atoms with Gasteiger partial charge in [-0.2, -0.15) is 0 Å². The van der Waals surface area contributed by atoms with Crippen LogP contribution < -0.4 is 15.5 Å². The minimum absolute atomic E-state index is 0.300. The van der Waals surface area contributed by atoms with Crippen molar-refractivity contribution in [1.82, 2.24) is 25.3 Å². The summed E-state index contributed by atoms with van der Waals surface area (Å²) in [4.78, 5) is 19.9. The van der Waals surface area contributed by atoms with Crippen LogP contribution in [0.25, 0.3) is 20.8 Å². The Morgan fingerprint density at radius 3 is 2.83 bits per heavy atom. The van der Waals surface area contributed by atoms with Gasteiger partial charge in [0.25, 0.3) is 0 Å². The van der Waals surface area contributed by atoms with Crippen LogP contribution in [0.2, 0.25) is 5.02 Å². The largest absolute Gasteiger partial charge is 0.354 e. The van der Waals surface area contributed by atoms with E-state index in [1.54, 1.807) is 24.4 Å². The summed E-state index contributed by atoms with van der Waals surface area (Å²) in [6.07, 6.45) is 3.20. The molecule has 0 aliphatic carbocycles. The van der Waals surface area contributed by atoms with E-state index in [9.17, 15) is 4.39 Å². The molecule has 2 N–H and O–H groups in total. The van der Waals surface area contributed by atoms with E-state index in [0.717, 1.165) is 36.7 Å². The van der Waals surface area contributed by atoms with Crippen molar-refractivity contribution in [3.05, 3.63) is 53.7 Å². The molecule has 7 nitrogen and oxygen atoms in total. The number of pyridine rings is 1. The number of benzene rings is 1. The Kier molecular flexibility index (Phi) is 5.16. The van der Waals surface area contributed by atoms with Gasteiger partial charge in [0, 0.05) is 38.4 Å². The maximum Gasteiger partial charge on any atom is 0.151 e. The van der Waals surface area contributed by atoms with Crippen molar-refractivity contribution in [3.63, 3.8) is 0 Å². The van der Waals surface area contributed by atoms with Gasteiger partial charge in [-0.05, 0) is 18.2 Å². The zero-order valence-electron chi connectivity index (χ0n) is 15.8. The number of fused-ring (bicyclic) bond motifs is 1. The van der Waals surface area contributed by atoms with Crippen LogP contribution in [-0.2, 0) is 0 Å². The van der Waals surface area contributed by atoms with Gasteiger partial charge in [0.15, 0.2) is 5.82 Å². The van der Waals surface area contributed by atoms with Gasteiger partial charge in [-0.15, -0.1) is 11.3 Å². The SMILES string of the molecule is Fc1cccc(Cl)c1-c1nc2ccnc(Nc3cc(N4CCNCC4)ncn3)c2s1. The Morgan fingerprint density at radius 2 is 2.00 bits per heavy atom. The average molecular weight is 442 g/mol. The first-order valence-corrected chi connectivity index (χ1v) is 10.6. The first-order valence-electron chi connectivity index (χ1n) is 9.44. The maximum atomic E-state index is 14.4. The second-order valence-corrected chi connectivity index (χ2v) is 8.15. The summed E-state index contributed by atoms with van der Waals surface area (Å²) in [7, 11) is 0. The predicted octanol–water partition coefficient (Wildman–Crippen LogP) is 4.09. The lowest BCUT2D eigenvalue weighted by atomic mass is 10.2. The Morgan fingerprint density at radius 1 is 1.13 bits per heavy atom. The van der Waals surface area contributed by atoms with Crippen LogP contribution in [-0.4, -0.2) is 46.1 Å². The van der Waals surface area contributed by atoms with E-state index < -0.39 is 5.82 Å². The molecule has 30 heavy (non-hydrogen) atoms. The molecule has 0 atom stereocenters. The highest BCUT2D eigenvalue weighted by Crippen LogP contribution is 2.38. The number of anilines is 3. The smallest absolute Gasteiger partial charge is 0.151 e. The number of nitrogens with one attached hydrogen (secondary N) is 2. The summed E-state index contributed by atoms with van der Waals surface area (Å²) in [5.41, 5.74) is 1.01. The Bertz CT molecular complexity index is 1190. The molecule has 0 saturated carbocycles. The number of nitrogens with zero attached hydrogens (tertiary/aromatic N) is 5. The molecule has 10 heteroatoms. The highest BCUT2D eigenvalue weighted by molar-refractivity contribution is 7.22. The molecule has 0 unspecified atom stereocenters. The first-order chi connectivity index (χ1) is 14.7. The third-order valence-electron chi connectivity index (χ3n) is 4.82. The summed E-state index contributed by atoms with van der Waals surface area (Å²) in [6, 6.07) is 8.31. The Labute approximate surface area is 181 Å². The number of halogens is 2. The topological polar surface area (TPSA) is 78.9 Å². The molecule has 5 rings (SSSR count). The lowest BCUT2D eigenvalue weighted by Gasteiger charge is -2.28. The maximum absolute atomic E-state index is 14.4. The van der Waals surface area contributed by atoms with Crippen molar-refractivity contribution >= 4 is 50.6 Å². The fraction of sp³-hybridized carbons (Fsp3) is 0.200. The lowest BCUT2D eigenvalue weighted by Crippen LogP contribution is -2.43. The number of thiazole rings is 1. The van der Waals surface area contributed by atoms with Crippen LogP contribution in [0, 0.1) is 5.82 Å². The standard InChI is InChI=1S/C20H17ClFN7S/c21-12-2-1-3-13(22)17(12)20-27-14-4-5-24-19(18(14)30-20)28-15-10-16(26-11-25-15)29-8-6-23-7-9-29/h1-5,10-11,23H,6-9H2,(H,24,25,26,28). The second-order valence-electron chi connectivity index (χ2n) is 6.75. The van der Waals surface area contributed by atoms with Crippen molar-refractivity contribution in [1.29, 1.82) is 0 Å². The molecule has 4 heterocycles. The quantitative estimate of drug-likeness (QED) is 0.493. The first kappa shape index (κ1) is 19.1. The molecular weight excluding hydrogens is 425 g/mol. The average Bonchev–Trinajstić information content (AvgIpc) is 3.19. The van der Waals surface area contributed by atoms with Crippen LogP contribution in [0.4, 0.5) is 21.8 Å². The fourth-order valence-corrected chi connectivity index (χ4v) is 4.73. The van der Waals surface area contributed by atoms with Crippen molar-refractivity contribution in [2.24, 2.45) is 0 Å². The van der Waals surface area contributed by atoms with E-state index in [4.69, 9.17) is 11.6 Å². The highest BCUT2D eigenvalue weighted by atomic mass is 35.5. The minimum atomic E-state index is -0.402. The molecular formula is C20H17ClFN7S. The predicted molar refractivity (Wildman–Crippen MR) is 118 cm³/mol. The van der Waals surface area contributed by atoms with Gasteiger partial charge in [-0.1, -0.05) is 17.7 Å². The Hall–Kier alpha value is -2.88. The third-order valence-corrected chi connectivity index (χ3v) is 6.23. The van der Waals surface area contributed by atoms with Crippen molar-refractivity contribution in [2.75, 3.05) is 36.4 Å². The van der Waals surface area contributed by atoms with Crippen LogP contribution in [0.3, 0.4) is 0 Å². The minimum Gasteiger partial charge on any atom is -0.354 e. The summed E-state index contributed by atoms with van der Waals surface area (Å²) >= 11 is 7.56. The molecule has 1 fully saturated rings. The van der Waals surface area contributed by atoms with Crippen molar-refractivity contribution in [2.45, 2.75) is 0 Å². The summed E-state index contributed by atoms with van der Waals surface area (Å²) in [5.74, 6) is 1.70. The summed E-state index contributed by atoms with van der Waals surface area (Å²) < 4.78 is 15.2. The van der Waals surface area contributed by atoms with E-state index in [1.165, 1.54) is 23.7 Å². The number of hydrogen-bond donors (Lipinski definition) is 2. The van der Waals surface area contributed by atoms with Crippen LogP contribution in [0.1, 0.15) is 0 Å². The summed E-state index contributed by atoms with van der Waals surface area (Å²) in [5, 5.41) is 7.42. The molecule has 1 saturated heterocycles. The second kappa shape index (κ2) is 8.10. The van der Waals surface area contributed by atoms with Gasteiger partial charge in [-0.3, -0.25) is 0 Å². The zero-order valence-corrected chi connectivity index (χ0v) is 17.3. The van der Waals surface area contributed by atoms with E-state index in [2.05, 4.69) is 35.5 Å². The number of rotatable bonds is 4. The van der Waals surface area contributed by atoms with E-state index in [0.29, 0.717) is 32.7 Å². The number of aromatic nitrogens is 4. The molecule has 1 aliphatic heterocycles. The van der Waals surface area contributed by atoms with Crippen LogP contribution in [0.15, 0.2) is 42.9 Å². The molecule has 0 amide bonds. The number of hydrogen-bond acceptors (Lipinski definition) is 8. The van der Waals surface area contributed by atoms with Gasteiger partial charge in [0.2, 0.25) is 0 Å². The molecule has 0 spiro atoms. The van der Waals surface area contributed by atoms with Gasteiger partial charge in [0.05, 0.1) is 20.8 Å².